The summed E-state index contributed by atoms with van der Waals surface area (Å²) in [7, 11) is 0. The van der Waals surface area contributed by atoms with E-state index in [-0.39, 0.29) is 0 Å². The van der Waals surface area contributed by atoms with Crippen LogP contribution in [0, 0.1) is 6.92 Å². The van der Waals surface area contributed by atoms with Crippen molar-refractivity contribution < 1.29 is 0 Å². The molecule has 0 aliphatic heterocycles. The van der Waals surface area contributed by atoms with Gasteiger partial charge >= 0.3 is 0 Å². The molecule has 0 unspecified atom stereocenters. The number of hydrogen-bond acceptors (Lipinski definition) is 3. The van der Waals surface area contributed by atoms with E-state index in [0.717, 1.165) is 18.7 Å². The predicted molar refractivity (Wildman–Crippen MR) is 80.4 cm³/mol. The highest BCUT2D eigenvalue weighted by Gasteiger charge is 2.05. The van der Waals surface area contributed by atoms with Crippen LogP contribution in [0.15, 0.2) is 36.0 Å². The SMILES string of the molecule is Cc1ncsc1CCn1ccc2cc(CN)ccc21. The van der Waals surface area contributed by atoms with E-state index in [1.54, 1.807) is 11.3 Å². The average Bonchev–Trinajstić information content (AvgIpc) is 3.02. The molecule has 2 heterocycles. The van der Waals surface area contributed by atoms with Crippen LogP contribution in [0.3, 0.4) is 0 Å². The van der Waals surface area contributed by atoms with Crippen LogP contribution >= 0.6 is 11.3 Å². The summed E-state index contributed by atoms with van der Waals surface area (Å²) in [4.78, 5) is 5.67. The molecule has 2 aromatic heterocycles. The molecule has 4 heteroatoms. The Bertz CT molecular complexity index is 696. The van der Waals surface area contributed by atoms with Crippen LogP contribution < -0.4 is 5.73 Å². The third-order valence-electron chi connectivity index (χ3n) is 3.50. The lowest BCUT2D eigenvalue weighted by Gasteiger charge is -2.05. The van der Waals surface area contributed by atoms with Gasteiger partial charge in [-0.15, -0.1) is 11.3 Å². The summed E-state index contributed by atoms with van der Waals surface area (Å²) in [6.07, 6.45) is 3.19. The van der Waals surface area contributed by atoms with E-state index in [4.69, 9.17) is 5.73 Å². The summed E-state index contributed by atoms with van der Waals surface area (Å²) in [6, 6.07) is 8.60. The van der Waals surface area contributed by atoms with Gasteiger partial charge in [-0.2, -0.15) is 0 Å². The zero-order valence-corrected chi connectivity index (χ0v) is 11.8. The number of nitrogens with zero attached hydrogens (tertiary/aromatic N) is 2. The highest BCUT2D eigenvalue weighted by atomic mass is 32.1. The largest absolute Gasteiger partial charge is 0.347 e. The van der Waals surface area contributed by atoms with Gasteiger partial charge in [0, 0.05) is 36.1 Å². The zero-order chi connectivity index (χ0) is 13.2. The van der Waals surface area contributed by atoms with Gasteiger partial charge in [-0.3, -0.25) is 0 Å². The molecule has 0 aliphatic rings. The molecule has 3 rings (SSSR count). The average molecular weight is 271 g/mol. The minimum Gasteiger partial charge on any atom is -0.347 e. The van der Waals surface area contributed by atoms with E-state index in [0.29, 0.717) is 6.54 Å². The summed E-state index contributed by atoms with van der Waals surface area (Å²) in [5, 5.41) is 1.27. The first-order valence-corrected chi connectivity index (χ1v) is 7.32. The van der Waals surface area contributed by atoms with E-state index >= 15 is 0 Å². The maximum Gasteiger partial charge on any atom is 0.0797 e. The summed E-state index contributed by atoms with van der Waals surface area (Å²) >= 11 is 1.74. The van der Waals surface area contributed by atoms with E-state index in [1.165, 1.54) is 21.3 Å². The summed E-state index contributed by atoms with van der Waals surface area (Å²) in [5.74, 6) is 0. The fourth-order valence-corrected chi connectivity index (χ4v) is 3.13. The third kappa shape index (κ3) is 2.41. The van der Waals surface area contributed by atoms with Crippen molar-refractivity contribution in [3.05, 3.63) is 52.1 Å². The van der Waals surface area contributed by atoms with Crippen LogP contribution in [0.2, 0.25) is 0 Å². The van der Waals surface area contributed by atoms with Gasteiger partial charge in [0.1, 0.15) is 0 Å². The smallest absolute Gasteiger partial charge is 0.0797 e. The number of benzene rings is 1. The van der Waals surface area contributed by atoms with Crippen LogP contribution in [0.25, 0.3) is 10.9 Å². The minimum atomic E-state index is 0.598. The molecular formula is C15H17N3S. The second-order valence-corrected chi connectivity index (χ2v) is 5.66. The van der Waals surface area contributed by atoms with Gasteiger partial charge in [0.2, 0.25) is 0 Å². The zero-order valence-electron chi connectivity index (χ0n) is 11.0. The third-order valence-corrected chi connectivity index (χ3v) is 4.49. The first-order valence-electron chi connectivity index (χ1n) is 6.45. The van der Waals surface area contributed by atoms with Gasteiger partial charge in [0.15, 0.2) is 0 Å². The standard InChI is InChI=1S/C15H17N3S/c1-11-15(19-10-17-11)5-7-18-6-4-13-8-12(9-16)2-3-14(13)18/h2-4,6,8,10H,5,7,9,16H2,1H3. The fourth-order valence-electron chi connectivity index (χ4n) is 2.36. The highest BCUT2D eigenvalue weighted by Crippen LogP contribution is 2.19. The molecule has 0 saturated heterocycles. The highest BCUT2D eigenvalue weighted by molar-refractivity contribution is 7.09. The Hall–Kier alpha value is -1.65. The Morgan fingerprint density at radius 2 is 2.21 bits per heavy atom. The monoisotopic (exact) mass is 271 g/mol. The lowest BCUT2D eigenvalue weighted by Crippen LogP contribution is -2.00. The van der Waals surface area contributed by atoms with Crippen molar-refractivity contribution in [1.82, 2.24) is 9.55 Å². The number of rotatable bonds is 4. The van der Waals surface area contributed by atoms with E-state index < -0.39 is 0 Å². The van der Waals surface area contributed by atoms with Crippen LogP contribution in [0.1, 0.15) is 16.1 Å². The number of fused-ring (bicyclic) bond motifs is 1. The Morgan fingerprint density at radius 3 is 2.95 bits per heavy atom. The van der Waals surface area contributed by atoms with Crippen LogP contribution in [0.4, 0.5) is 0 Å². The van der Waals surface area contributed by atoms with Crippen molar-refractivity contribution in [3.8, 4) is 0 Å². The Kier molecular flexibility index (Phi) is 3.36. The number of nitrogens with two attached hydrogens (primary N) is 1. The van der Waals surface area contributed by atoms with Crippen molar-refractivity contribution in [2.45, 2.75) is 26.4 Å². The number of hydrogen-bond donors (Lipinski definition) is 1. The fraction of sp³-hybridized carbons (Fsp3) is 0.267. The van der Waals surface area contributed by atoms with Crippen LogP contribution in [-0.4, -0.2) is 9.55 Å². The normalized spacial score (nSPS) is 11.3. The second kappa shape index (κ2) is 5.15. The lowest BCUT2D eigenvalue weighted by molar-refractivity contribution is 0.726. The molecule has 1 aromatic carbocycles. The first kappa shape index (κ1) is 12.4. The first-order chi connectivity index (χ1) is 9.28. The Labute approximate surface area is 116 Å². The maximum absolute atomic E-state index is 5.67. The van der Waals surface area contributed by atoms with Crippen molar-refractivity contribution in [1.29, 1.82) is 0 Å². The van der Waals surface area contributed by atoms with Gasteiger partial charge in [0.25, 0.3) is 0 Å². The molecule has 0 aliphatic carbocycles. The van der Waals surface area contributed by atoms with Gasteiger partial charge in [0.05, 0.1) is 11.2 Å². The van der Waals surface area contributed by atoms with Crippen LogP contribution in [-0.2, 0) is 19.5 Å². The topological polar surface area (TPSA) is 43.8 Å². The molecule has 0 atom stereocenters. The molecule has 0 spiro atoms. The predicted octanol–water partition coefficient (Wildman–Crippen LogP) is 3.11. The maximum atomic E-state index is 5.67. The number of thiazole rings is 1. The summed E-state index contributed by atoms with van der Waals surface area (Å²) in [6.45, 7) is 3.67. The van der Waals surface area contributed by atoms with Crippen molar-refractivity contribution in [2.75, 3.05) is 0 Å². The molecule has 0 fully saturated rings. The second-order valence-electron chi connectivity index (χ2n) is 4.72. The van der Waals surface area contributed by atoms with Gasteiger partial charge < -0.3 is 10.3 Å². The Morgan fingerprint density at radius 1 is 1.32 bits per heavy atom. The van der Waals surface area contributed by atoms with Crippen molar-refractivity contribution >= 4 is 22.2 Å². The minimum absolute atomic E-state index is 0.598. The molecule has 19 heavy (non-hydrogen) atoms. The molecule has 0 saturated carbocycles. The number of aryl methyl sites for hydroxylation is 3. The Balaban J connectivity index is 1.83. The molecular weight excluding hydrogens is 254 g/mol. The van der Waals surface area contributed by atoms with Gasteiger partial charge in [-0.05, 0) is 36.1 Å². The molecule has 0 radical (unpaired) electrons. The van der Waals surface area contributed by atoms with E-state index in [1.807, 2.05) is 5.51 Å². The summed E-state index contributed by atoms with van der Waals surface area (Å²) < 4.78 is 2.30. The van der Waals surface area contributed by atoms with Crippen LogP contribution in [0.5, 0.6) is 0 Å². The molecule has 2 N–H and O–H groups in total. The lowest BCUT2D eigenvalue weighted by atomic mass is 10.1. The van der Waals surface area contributed by atoms with Crippen molar-refractivity contribution in [2.24, 2.45) is 5.73 Å². The molecule has 3 nitrogen and oxygen atoms in total. The molecule has 0 amide bonds. The van der Waals surface area contributed by atoms with E-state index in [9.17, 15) is 0 Å². The van der Waals surface area contributed by atoms with Gasteiger partial charge in [-0.25, -0.2) is 4.98 Å². The van der Waals surface area contributed by atoms with Crippen molar-refractivity contribution in [3.63, 3.8) is 0 Å². The molecule has 3 aromatic rings. The molecule has 0 bridgehead atoms. The van der Waals surface area contributed by atoms with E-state index in [2.05, 4.69) is 46.9 Å². The quantitative estimate of drug-likeness (QED) is 0.792. The number of aromatic nitrogens is 2. The summed E-state index contributed by atoms with van der Waals surface area (Å²) in [5.41, 5.74) is 11.2. The van der Waals surface area contributed by atoms with Gasteiger partial charge in [-0.1, -0.05) is 6.07 Å². The molecule has 98 valence electrons.